The lowest BCUT2D eigenvalue weighted by Crippen LogP contribution is -2.42. The molecule has 20 heavy (non-hydrogen) atoms. The van der Waals surface area contributed by atoms with Crippen LogP contribution in [0.15, 0.2) is 30.0 Å². The predicted octanol–water partition coefficient (Wildman–Crippen LogP) is 2.73. The molecule has 0 radical (unpaired) electrons. The van der Waals surface area contributed by atoms with Crippen LogP contribution in [0.5, 0.6) is 0 Å². The Morgan fingerprint density at radius 1 is 1.20 bits per heavy atom. The number of aryl methyl sites for hydroxylation is 1. The van der Waals surface area contributed by atoms with Crippen LogP contribution in [0.1, 0.15) is 19.4 Å². The molecule has 0 unspecified atom stereocenters. The highest BCUT2D eigenvalue weighted by molar-refractivity contribution is 14.1. The van der Waals surface area contributed by atoms with E-state index in [1.807, 2.05) is 25.1 Å². The van der Waals surface area contributed by atoms with Crippen LogP contribution in [0.3, 0.4) is 0 Å². The van der Waals surface area contributed by atoms with E-state index in [-0.39, 0.29) is 5.57 Å². The van der Waals surface area contributed by atoms with Crippen molar-refractivity contribution in [1.82, 2.24) is 0 Å². The largest absolute Gasteiger partial charge is 0.419 e. The zero-order valence-electron chi connectivity index (χ0n) is 11.3. The topological polar surface area (TPSA) is 64.6 Å². The molecule has 1 aliphatic rings. The van der Waals surface area contributed by atoms with Crippen LogP contribution < -0.4 is 5.32 Å². The minimum absolute atomic E-state index is 0.152. The van der Waals surface area contributed by atoms with Crippen LogP contribution in [-0.2, 0) is 19.1 Å². The van der Waals surface area contributed by atoms with Crippen molar-refractivity contribution >= 4 is 40.2 Å². The summed E-state index contributed by atoms with van der Waals surface area (Å²) in [6.07, 6.45) is 1.31. The van der Waals surface area contributed by atoms with Gasteiger partial charge in [-0.2, -0.15) is 0 Å². The van der Waals surface area contributed by atoms with Crippen LogP contribution >= 0.6 is 22.6 Å². The van der Waals surface area contributed by atoms with E-state index in [0.717, 1.165) is 14.8 Å². The first-order valence-electron chi connectivity index (χ1n) is 5.98. The Morgan fingerprint density at radius 3 is 2.35 bits per heavy atom. The number of hydrogen-bond donors (Lipinski definition) is 1. The quantitative estimate of drug-likeness (QED) is 0.366. The Kier molecular flexibility index (Phi) is 4.03. The standard InChI is InChI=1S/C14H14INO4/c1-8-6-9(4-5-11(8)15)16-7-10-12(17)19-14(2,3)20-13(10)18/h4-7,16H,1-3H3. The van der Waals surface area contributed by atoms with Crippen LogP contribution in [0.25, 0.3) is 0 Å². The molecule has 0 aliphatic carbocycles. The maximum Gasteiger partial charge on any atom is 0.350 e. The third kappa shape index (κ3) is 3.30. The van der Waals surface area contributed by atoms with Crippen molar-refractivity contribution in [3.8, 4) is 0 Å². The maximum atomic E-state index is 11.7. The number of carbonyl (C=O) groups excluding carboxylic acids is 2. The number of anilines is 1. The van der Waals surface area contributed by atoms with E-state index in [2.05, 4.69) is 27.9 Å². The molecule has 1 fully saturated rings. The number of benzene rings is 1. The van der Waals surface area contributed by atoms with Gasteiger partial charge in [0, 0.05) is 29.3 Å². The van der Waals surface area contributed by atoms with Gasteiger partial charge < -0.3 is 14.8 Å². The van der Waals surface area contributed by atoms with Crippen molar-refractivity contribution < 1.29 is 19.1 Å². The molecule has 0 aromatic heterocycles. The summed E-state index contributed by atoms with van der Waals surface area (Å²) in [5, 5.41) is 2.90. The Hall–Kier alpha value is -1.57. The first-order chi connectivity index (χ1) is 9.28. The predicted molar refractivity (Wildman–Crippen MR) is 81.9 cm³/mol. The fraction of sp³-hybridized carbons (Fsp3) is 0.286. The van der Waals surface area contributed by atoms with Crippen molar-refractivity contribution in [1.29, 1.82) is 0 Å². The molecular weight excluding hydrogens is 373 g/mol. The Bertz CT molecular complexity index is 585. The van der Waals surface area contributed by atoms with E-state index >= 15 is 0 Å². The average Bonchev–Trinajstić information content (AvgIpc) is 2.31. The monoisotopic (exact) mass is 387 g/mol. The van der Waals surface area contributed by atoms with Gasteiger partial charge in [-0.15, -0.1) is 0 Å². The van der Waals surface area contributed by atoms with Crippen molar-refractivity contribution in [3.63, 3.8) is 0 Å². The molecule has 0 amide bonds. The van der Waals surface area contributed by atoms with Crippen molar-refractivity contribution in [2.24, 2.45) is 0 Å². The number of ether oxygens (including phenoxy) is 2. The van der Waals surface area contributed by atoms with Gasteiger partial charge in [0.15, 0.2) is 5.57 Å². The maximum absolute atomic E-state index is 11.7. The summed E-state index contributed by atoms with van der Waals surface area (Å²) in [5.41, 5.74) is 1.73. The van der Waals surface area contributed by atoms with Gasteiger partial charge in [0.05, 0.1) is 0 Å². The molecule has 0 spiro atoms. The van der Waals surface area contributed by atoms with Crippen LogP contribution in [0.2, 0.25) is 0 Å². The van der Waals surface area contributed by atoms with E-state index in [0.29, 0.717) is 0 Å². The molecule has 1 aliphatic heterocycles. The minimum Gasteiger partial charge on any atom is -0.419 e. The van der Waals surface area contributed by atoms with Gasteiger partial charge in [0.25, 0.3) is 5.79 Å². The normalized spacial score (nSPS) is 17.3. The molecule has 0 atom stereocenters. The number of nitrogens with one attached hydrogen (secondary N) is 1. The molecule has 1 aromatic rings. The molecule has 5 nitrogen and oxygen atoms in total. The summed E-state index contributed by atoms with van der Waals surface area (Å²) in [5.74, 6) is -2.60. The van der Waals surface area contributed by atoms with Crippen molar-refractivity contribution in [2.75, 3.05) is 5.32 Å². The van der Waals surface area contributed by atoms with Gasteiger partial charge in [-0.1, -0.05) is 0 Å². The number of esters is 2. The molecule has 6 heteroatoms. The first kappa shape index (κ1) is 14.8. The third-order valence-electron chi connectivity index (χ3n) is 2.66. The van der Waals surface area contributed by atoms with Gasteiger partial charge in [-0.3, -0.25) is 0 Å². The highest BCUT2D eigenvalue weighted by Crippen LogP contribution is 2.23. The summed E-state index contributed by atoms with van der Waals surface area (Å²) >= 11 is 2.23. The molecule has 1 heterocycles. The number of carbonyl (C=O) groups is 2. The second kappa shape index (κ2) is 5.43. The Balaban J connectivity index is 2.17. The summed E-state index contributed by atoms with van der Waals surface area (Å²) in [6, 6.07) is 5.72. The summed E-state index contributed by atoms with van der Waals surface area (Å²) in [4.78, 5) is 23.5. The van der Waals surface area contributed by atoms with Gasteiger partial charge in [-0.05, 0) is 53.3 Å². The smallest absolute Gasteiger partial charge is 0.350 e. The number of hydrogen-bond acceptors (Lipinski definition) is 5. The van der Waals surface area contributed by atoms with Crippen LogP contribution in [0.4, 0.5) is 5.69 Å². The molecule has 1 N–H and O–H groups in total. The van der Waals surface area contributed by atoms with Crippen molar-refractivity contribution in [2.45, 2.75) is 26.6 Å². The van der Waals surface area contributed by atoms with Gasteiger partial charge in [0.2, 0.25) is 0 Å². The number of cyclic esters (lactones) is 2. The summed E-state index contributed by atoms with van der Waals surface area (Å²) < 4.78 is 11.1. The molecule has 0 saturated carbocycles. The van der Waals surface area contributed by atoms with E-state index in [9.17, 15) is 9.59 Å². The lowest BCUT2D eigenvalue weighted by Gasteiger charge is -2.29. The first-order valence-corrected chi connectivity index (χ1v) is 7.06. The fourth-order valence-corrected chi connectivity index (χ4v) is 2.00. The molecule has 1 aromatic carbocycles. The van der Waals surface area contributed by atoms with Crippen LogP contribution in [0, 0.1) is 10.5 Å². The Morgan fingerprint density at radius 2 is 1.80 bits per heavy atom. The average molecular weight is 387 g/mol. The minimum atomic E-state index is -1.22. The molecule has 1 saturated heterocycles. The zero-order chi connectivity index (χ0) is 14.9. The summed E-state index contributed by atoms with van der Waals surface area (Å²) in [7, 11) is 0. The molecule has 106 valence electrons. The fourth-order valence-electron chi connectivity index (χ4n) is 1.67. The highest BCUT2D eigenvalue weighted by Gasteiger charge is 2.38. The molecular formula is C14H14INO4. The second-order valence-electron chi connectivity index (χ2n) is 4.85. The van der Waals surface area contributed by atoms with E-state index in [4.69, 9.17) is 9.47 Å². The lowest BCUT2D eigenvalue weighted by molar-refractivity contribution is -0.222. The van der Waals surface area contributed by atoms with Gasteiger partial charge in [-0.25, -0.2) is 9.59 Å². The van der Waals surface area contributed by atoms with E-state index in [1.54, 1.807) is 0 Å². The number of halogens is 1. The summed E-state index contributed by atoms with van der Waals surface area (Å²) in [6.45, 7) is 5.00. The second-order valence-corrected chi connectivity index (χ2v) is 6.01. The number of rotatable bonds is 2. The zero-order valence-corrected chi connectivity index (χ0v) is 13.5. The SMILES string of the molecule is Cc1cc(NC=C2C(=O)OC(C)(C)OC2=O)ccc1I. The third-order valence-corrected chi connectivity index (χ3v) is 3.87. The van der Waals surface area contributed by atoms with Gasteiger partial charge in [0.1, 0.15) is 0 Å². The van der Waals surface area contributed by atoms with E-state index < -0.39 is 17.7 Å². The van der Waals surface area contributed by atoms with Crippen LogP contribution in [-0.4, -0.2) is 17.7 Å². The molecule has 0 bridgehead atoms. The Labute approximate surface area is 130 Å². The van der Waals surface area contributed by atoms with Crippen molar-refractivity contribution in [3.05, 3.63) is 39.1 Å². The lowest BCUT2D eigenvalue weighted by atomic mass is 10.2. The van der Waals surface area contributed by atoms with E-state index in [1.165, 1.54) is 20.0 Å². The molecule has 2 rings (SSSR count). The van der Waals surface area contributed by atoms with Gasteiger partial charge >= 0.3 is 11.9 Å². The highest BCUT2D eigenvalue weighted by atomic mass is 127.